The Hall–Kier alpha value is -2.48. The molecule has 0 saturated carbocycles. The minimum Gasteiger partial charge on any atom is -0.337 e. The van der Waals surface area contributed by atoms with Crippen LogP contribution in [0.15, 0.2) is 82.4 Å². The number of sulfonamides is 1. The van der Waals surface area contributed by atoms with Crippen LogP contribution in [0.25, 0.3) is 0 Å². The number of thiophene rings is 1. The van der Waals surface area contributed by atoms with Crippen molar-refractivity contribution in [1.29, 1.82) is 0 Å². The SMILES string of the molecule is CC(NS(=O)(=O)c1cccs1)C(=O)N(CCc1ccccc1)Cc1ccccc1. The zero-order valence-corrected chi connectivity index (χ0v) is 17.8. The van der Waals surface area contributed by atoms with E-state index in [1.165, 1.54) is 6.07 Å². The van der Waals surface area contributed by atoms with E-state index in [-0.39, 0.29) is 10.1 Å². The van der Waals surface area contributed by atoms with Crippen molar-refractivity contribution in [3.05, 3.63) is 89.3 Å². The van der Waals surface area contributed by atoms with Crippen LogP contribution in [-0.4, -0.2) is 31.8 Å². The average Bonchev–Trinajstić information content (AvgIpc) is 3.28. The molecule has 3 rings (SSSR count). The Morgan fingerprint density at radius 3 is 2.17 bits per heavy atom. The summed E-state index contributed by atoms with van der Waals surface area (Å²) in [7, 11) is -3.71. The van der Waals surface area contributed by atoms with E-state index in [0.717, 1.165) is 22.5 Å². The third kappa shape index (κ3) is 6.00. The lowest BCUT2D eigenvalue weighted by molar-refractivity contribution is -0.133. The molecular weight excluding hydrogens is 404 g/mol. The Morgan fingerprint density at radius 2 is 1.59 bits per heavy atom. The molecule has 2 aromatic carbocycles. The van der Waals surface area contributed by atoms with E-state index in [2.05, 4.69) is 4.72 Å². The van der Waals surface area contributed by atoms with Gasteiger partial charge in [-0.25, -0.2) is 8.42 Å². The summed E-state index contributed by atoms with van der Waals surface area (Å²) in [5.41, 5.74) is 2.13. The maximum atomic E-state index is 13.1. The van der Waals surface area contributed by atoms with Crippen molar-refractivity contribution in [2.75, 3.05) is 6.54 Å². The van der Waals surface area contributed by atoms with Gasteiger partial charge in [-0.15, -0.1) is 11.3 Å². The van der Waals surface area contributed by atoms with Gasteiger partial charge in [0.25, 0.3) is 10.0 Å². The maximum Gasteiger partial charge on any atom is 0.250 e. The fourth-order valence-electron chi connectivity index (χ4n) is 3.01. The monoisotopic (exact) mass is 428 g/mol. The predicted molar refractivity (Wildman–Crippen MR) is 116 cm³/mol. The molecule has 0 aliphatic heterocycles. The Labute approximate surface area is 176 Å². The topological polar surface area (TPSA) is 66.5 Å². The summed E-state index contributed by atoms with van der Waals surface area (Å²) in [6.07, 6.45) is 0.698. The van der Waals surface area contributed by atoms with Crippen LogP contribution >= 0.6 is 11.3 Å². The fourth-order valence-corrected chi connectivity index (χ4v) is 5.22. The van der Waals surface area contributed by atoms with Crippen molar-refractivity contribution in [2.45, 2.75) is 30.1 Å². The van der Waals surface area contributed by atoms with E-state index in [9.17, 15) is 13.2 Å². The number of nitrogens with zero attached hydrogens (tertiary/aromatic N) is 1. The lowest BCUT2D eigenvalue weighted by atomic mass is 10.1. The van der Waals surface area contributed by atoms with Crippen LogP contribution in [0.2, 0.25) is 0 Å². The van der Waals surface area contributed by atoms with E-state index < -0.39 is 16.1 Å². The van der Waals surface area contributed by atoms with Crippen LogP contribution in [-0.2, 0) is 27.8 Å². The first-order valence-electron chi connectivity index (χ1n) is 9.38. The van der Waals surface area contributed by atoms with Crippen molar-refractivity contribution >= 4 is 27.3 Å². The number of rotatable bonds is 9. The molecule has 0 saturated heterocycles. The highest BCUT2D eigenvalue weighted by molar-refractivity contribution is 7.91. The molecule has 0 radical (unpaired) electrons. The molecule has 0 spiro atoms. The largest absolute Gasteiger partial charge is 0.337 e. The summed E-state index contributed by atoms with van der Waals surface area (Å²) in [4.78, 5) is 14.8. The van der Waals surface area contributed by atoms with Crippen molar-refractivity contribution in [1.82, 2.24) is 9.62 Å². The molecule has 1 N–H and O–H groups in total. The number of nitrogens with one attached hydrogen (secondary N) is 1. The van der Waals surface area contributed by atoms with Gasteiger partial charge < -0.3 is 4.90 Å². The van der Waals surface area contributed by atoms with Crippen LogP contribution < -0.4 is 4.72 Å². The van der Waals surface area contributed by atoms with Crippen LogP contribution in [0, 0.1) is 0 Å². The summed E-state index contributed by atoms with van der Waals surface area (Å²) in [6.45, 7) is 2.52. The summed E-state index contributed by atoms with van der Waals surface area (Å²) >= 11 is 1.13. The van der Waals surface area contributed by atoms with Crippen LogP contribution in [0.1, 0.15) is 18.1 Å². The molecular formula is C22H24N2O3S2. The van der Waals surface area contributed by atoms with Crippen LogP contribution in [0.4, 0.5) is 0 Å². The Kier molecular flexibility index (Phi) is 7.19. The Balaban J connectivity index is 1.73. The highest BCUT2D eigenvalue weighted by Crippen LogP contribution is 2.16. The molecule has 29 heavy (non-hydrogen) atoms. The minimum atomic E-state index is -3.71. The second-order valence-corrected chi connectivity index (χ2v) is 9.64. The van der Waals surface area contributed by atoms with E-state index in [0.29, 0.717) is 19.5 Å². The van der Waals surface area contributed by atoms with Gasteiger partial charge in [-0.1, -0.05) is 66.7 Å². The summed E-state index contributed by atoms with van der Waals surface area (Å²) < 4.78 is 27.7. The summed E-state index contributed by atoms with van der Waals surface area (Å²) in [6, 6.07) is 22.0. The second-order valence-electron chi connectivity index (χ2n) is 6.76. The average molecular weight is 429 g/mol. The number of carbonyl (C=O) groups is 1. The second kappa shape index (κ2) is 9.82. The molecule has 1 unspecified atom stereocenters. The molecule has 3 aromatic rings. The molecule has 0 bridgehead atoms. The lowest BCUT2D eigenvalue weighted by Gasteiger charge is -2.26. The molecule has 1 aromatic heterocycles. The first-order chi connectivity index (χ1) is 14.0. The van der Waals surface area contributed by atoms with Gasteiger partial charge in [-0.3, -0.25) is 4.79 Å². The zero-order valence-electron chi connectivity index (χ0n) is 16.2. The number of hydrogen-bond acceptors (Lipinski definition) is 4. The van der Waals surface area contributed by atoms with Crippen molar-refractivity contribution in [3.8, 4) is 0 Å². The van der Waals surface area contributed by atoms with Gasteiger partial charge in [-0.05, 0) is 35.9 Å². The Bertz CT molecular complexity index is 1000. The van der Waals surface area contributed by atoms with Gasteiger partial charge >= 0.3 is 0 Å². The summed E-state index contributed by atoms with van der Waals surface area (Å²) in [5.74, 6) is -0.245. The zero-order chi connectivity index (χ0) is 20.7. The summed E-state index contributed by atoms with van der Waals surface area (Å²) in [5, 5.41) is 1.70. The van der Waals surface area contributed by atoms with E-state index >= 15 is 0 Å². The Morgan fingerprint density at radius 1 is 0.966 bits per heavy atom. The lowest BCUT2D eigenvalue weighted by Crippen LogP contribution is -2.47. The highest BCUT2D eigenvalue weighted by Gasteiger charge is 2.26. The predicted octanol–water partition coefficient (Wildman–Crippen LogP) is 3.69. The normalized spacial score (nSPS) is 12.4. The van der Waals surface area contributed by atoms with Gasteiger partial charge in [0.05, 0.1) is 6.04 Å². The molecule has 7 heteroatoms. The molecule has 0 aliphatic rings. The van der Waals surface area contributed by atoms with Gasteiger partial charge in [0, 0.05) is 13.1 Å². The van der Waals surface area contributed by atoms with Gasteiger partial charge in [0.1, 0.15) is 4.21 Å². The number of benzene rings is 2. The molecule has 1 atom stereocenters. The molecule has 5 nitrogen and oxygen atoms in total. The molecule has 1 heterocycles. The number of amides is 1. The number of carbonyl (C=O) groups excluding carboxylic acids is 1. The highest BCUT2D eigenvalue weighted by atomic mass is 32.2. The quantitative estimate of drug-likeness (QED) is 0.565. The van der Waals surface area contributed by atoms with Gasteiger partial charge in [0.15, 0.2) is 0 Å². The molecule has 0 fully saturated rings. The van der Waals surface area contributed by atoms with Crippen molar-refractivity contribution < 1.29 is 13.2 Å². The smallest absolute Gasteiger partial charge is 0.250 e. The van der Waals surface area contributed by atoms with E-state index in [4.69, 9.17) is 0 Å². The third-order valence-electron chi connectivity index (χ3n) is 4.50. The van der Waals surface area contributed by atoms with Crippen molar-refractivity contribution in [2.24, 2.45) is 0 Å². The van der Waals surface area contributed by atoms with Gasteiger partial charge in [0.2, 0.25) is 5.91 Å². The standard InChI is InChI=1S/C22H24N2O3S2/c1-18(23-29(26,27)21-13-8-16-28-21)22(25)24(17-20-11-6-3-7-12-20)15-14-19-9-4-2-5-10-19/h2-13,16,18,23H,14-15,17H2,1H3. The van der Waals surface area contributed by atoms with Crippen LogP contribution in [0.3, 0.4) is 0 Å². The molecule has 152 valence electrons. The maximum absolute atomic E-state index is 13.1. The van der Waals surface area contributed by atoms with Crippen molar-refractivity contribution in [3.63, 3.8) is 0 Å². The molecule has 1 amide bonds. The number of hydrogen-bond donors (Lipinski definition) is 1. The van der Waals surface area contributed by atoms with E-state index in [1.807, 2.05) is 60.7 Å². The first-order valence-corrected chi connectivity index (χ1v) is 11.7. The minimum absolute atomic E-state index is 0.205. The van der Waals surface area contributed by atoms with Gasteiger partial charge in [-0.2, -0.15) is 4.72 Å². The third-order valence-corrected chi connectivity index (χ3v) is 7.44. The first kappa shape index (κ1) is 21.2. The fraction of sp³-hybridized carbons (Fsp3) is 0.227. The molecule has 0 aliphatic carbocycles. The van der Waals surface area contributed by atoms with Crippen LogP contribution in [0.5, 0.6) is 0 Å². The van der Waals surface area contributed by atoms with E-state index in [1.54, 1.807) is 23.3 Å².